The van der Waals surface area contributed by atoms with Crippen molar-refractivity contribution in [2.75, 3.05) is 0 Å². The van der Waals surface area contributed by atoms with Crippen molar-refractivity contribution >= 4 is 15.9 Å². The molecule has 2 aliphatic rings. The van der Waals surface area contributed by atoms with Gasteiger partial charge >= 0.3 is 0 Å². The zero-order valence-corrected chi connectivity index (χ0v) is 18.5. The highest BCUT2D eigenvalue weighted by Crippen LogP contribution is 2.30. The van der Waals surface area contributed by atoms with Crippen LogP contribution >= 0.6 is 0 Å². The van der Waals surface area contributed by atoms with Crippen molar-refractivity contribution in [2.45, 2.75) is 74.9 Å². The highest BCUT2D eigenvalue weighted by molar-refractivity contribution is 7.89. The average Bonchev–Trinajstić information content (AvgIpc) is 3.47. The average molecular weight is 444 g/mol. The van der Waals surface area contributed by atoms with E-state index in [0.717, 1.165) is 49.7 Å². The topological polar surface area (TPSA) is 75.8 Å². The van der Waals surface area contributed by atoms with E-state index < -0.39 is 10.0 Å². The molecule has 2 aromatic carbocycles. The van der Waals surface area contributed by atoms with Crippen LogP contribution in [0.1, 0.15) is 62.5 Å². The van der Waals surface area contributed by atoms with Crippen molar-refractivity contribution in [3.63, 3.8) is 0 Å². The smallest absolute Gasteiger partial charge is 0.243 e. The molecule has 0 spiro atoms. The first-order valence-corrected chi connectivity index (χ1v) is 12.6. The van der Waals surface area contributed by atoms with Crippen molar-refractivity contribution in [3.05, 3.63) is 65.5 Å². The molecule has 2 fully saturated rings. The molecule has 0 unspecified atom stereocenters. The van der Waals surface area contributed by atoms with Gasteiger partial charge in [0.25, 0.3) is 0 Å². The van der Waals surface area contributed by atoms with Crippen molar-refractivity contribution in [1.82, 2.24) is 4.31 Å². The van der Waals surface area contributed by atoms with E-state index >= 15 is 0 Å². The van der Waals surface area contributed by atoms with Crippen LogP contribution in [0.15, 0.2) is 58.4 Å². The maximum Gasteiger partial charge on any atom is 0.243 e. The van der Waals surface area contributed by atoms with Crippen molar-refractivity contribution in [1.29, 1.82) is 0 Å². The lowest BCUT2D eigenvalue weighted by atomic mass is 10.2. The van der Waals surface area contributed by atoms with Crippen molar-refractivity contribution < 1.29 is 12.8 Å². The summed E-state index contributed by atoms with van der Waals surface area (Å²) in [6.07, 6.45) is 8.23. The predicted molar refractivity (Wildman–Crippen MR) is 121 cm³/mol. The number of hydrogen-bond donors (Lipinski definition) is 1. The fraction of sp³-hybridized carbons (Fsp3) is 0.458. The molecular formula is C24H30FN3O2S. The van der Waals surface area contributed by atoms with Crippen LogP contribution in [0.4, 0.5) is 4.39 Å². The predicted octanol–water partition coefficient (Wildman–Crippen LogP) is 4.61. The molecule has 0 aromatic heterocycles. The van der Waals surface area contributed by atoms with E-state index in [0.29, 0.717) is 5.84 Å². The van der Waals surface area contributed by atoms with Crippen molar-refractivity contribution in [3.8, 4) is 0 Å². The van der Waals surface area contributed by atoms with Gasteiger partial charge in [0.2, 0.25) is 10.0 Å². The Morgan fingerprint density at radius 1 is 0.935 bits per heavy atom. The van der Waals surface area contributed by atoms with Gasteiger partial charge in [-0.15, -0.1) is 0 Å². The Morgan fingerprint density at radius 3 is 2.13 bits per heavy atom. The summed E-state index contributed by atoms with van der Waals surface area (Å²) in [4.78, 5) is 4.85. The highest BCUT2D eigenvalue weighted by Gasteiger charge is 2.33. The molecule has 2 saturated carbocycles. The molecule has 0 aliphatic heterocycles. The first-order chi connectivity index (χ1) is 14.9. The van der Waals surface area contributed by atoms with E-state index in [9.17, 15) is 12.8 Å². The second kappa shape index (κ2) is 9.49. The Balaban J connectivity index is 1.57. The van der Waals surface area contributed by atoms with Gasteiger partial charge in [0.05, 0.1) is 10.9 Å². The van der Waals surface area contributed by atoms with E-state index in [-0.39, 0.29) is 29.3 Å². The van der Waals surface area contributed by atoms with Crippen LogP contribution in [-0.4, -0.2) is 30.6 Å². The van der Waals surface area contributed by atoms with Crippen LogP contribution in [-0.2, 0) is 16.6 Å². The highest BCUT2D eigenvalue weighted by atomic mass is 32.2. The molecule has 0 amide bonds. The third kappa shape index (κ3) is 5.15. The lowest BCUT2D eigenvalue weighted by molar-refractivity contribution is 0.316. The number of halogens is 1. The molecule has 166 valence electrons. The van der Waals surface area contributed by atoms with Gasteiger partial charge in [0.15, 0.2) is 0 Å². The van der Waals surface area contributed by atoms with Crippen LogP contribution in [0.2, 0.25) is 0 Å². The molecule has 5 nitrogen and oxygen atoms in total. The molecule has 0 saturated heterocycles. The number of amidine groups is 1. The lowest BCUT2D eigenvalue weighted by Crippen LogP contribution is -2.38. The Bertz CT molecular complexity index is 1010. The van der Waals surface area contributed by atoms with E-state index in [1.54, 1.807) is 40.7 Å². The Labute approximate surface area is 184 Å². The molecule has 2 aliphatic carbocycles. The van der Waals surface area contributed by atoms with Crippen LogP contribution in [0.3, 0.4) is 0 Å². The van der Waals surface area contributed by atoms with Gasteiger partial charge in [0.1, 0.15) is 11.7 Å². The van der Waals surface area contributed by atoms with Crippen LogP contribution < -0.4 is 5.73 Å². The van der Waals surface area contributed by atoms with E-state index in [4.69, 9.17) is 5.73 Å². The van der Waals surface area contributed by atoms with E-state index in [2.05, 4.69) is 4.99 Å². The molecule has 2 N–H and O–H groups in total. The molecule has 31 heavy (non-hydrogen) atoms. The maximum atomic E-state index is 13.5. The van der Waals surface area contributed by atoms with Gasteiger partial charge in [-0.05, 0) is 67.6 Å². The van der Waals surface area contributed by atoms with Gasteiger partial charge in [-0.25, -0.2) is 12.8 Å². The number of nitrogens with two attached hydrogens (primary N) is 1. The minimum atomic E-state index is -3.70. The van der Waals surface area contributed by atoms with Crippen molar-refractivity contribution in [2.24, 2.45) is 10.7 Å². The number of benzene rings is 2. The number of sulfonamides is 1. The quantitative estimate of drug-likeness (QED) is 0.502. The first-order valence-electron chi connectivity index (χ1n) is 11.1. The lowest BCUT2D eigenvalue weighted by Gasteiger charge is -2.28. The first kappa shape index (κ1) is 22.0. The van der Waals surface area contributed by atoms with E-state index in [1.165, 1.54) is 25.0 Å². The van der Waals surface area contributed by atoms with Crippen LogP contribution in [0.25, 0.3) is 0 Å². The van der Waals surface area contributed by atoms with Gasteiger partial charge in [0, 0.05) is 18.2 Å². The summed E-state index contributed by atoms with van der Waals surface area (Å²) >= 11 is 0. The summed E-state index contributed by atoms with van der Waals surface area (Å²) in [6.45, 7) is 0.236. The third-order valence-electron chi connectivity index (χ3n) is 6.39. The second-order valence-corrected chi connectivity index (χ2v) is 10.5. The number of aliphatic imine (C=N–C) groups is 1. The number of rotatable bonds is 7. The minimum absolute atomic E-state index is 0.0382. The van der Waals surface area contributed by atoms with Gasteiger partial charge in [-0.1, -0.05) is 37.8 Å². The zero-order chi connectivity index (χ0) is 21.8. The fourth-order valence-electron chi connectivity index (χ4n) is 4.61. The van der Waals surface area contributed by atoms with Crippen LogP contribution in [0.5, 0.6) is 0 Å². The van der Waals surface area contributed by atoms with Gasteiger partial charge in [-0.3, -0.25) is 4.99 Å². The molecular weight excluding hydrogens is 413 g/mol. The van der Waals surface area contributed by atoms with Gasteiger partial charge < -0.3 is 5.73 Å². The van der Waals surface area contributed by atoms with E-state index in [1.807, 2.05) is 0 Å². The Kier molecular flexibility index (Phi) is 6.72. The summed E-state index contributed by atoms with van der Waals surface area (Å²) < 4.78 is 42.0. The summed E-state index contributed by atoms with van der Waals surface area (Å²) in [5.41, 5.74) is 7.69. The largest absolute Gasteiger partial charge is 0.383 e. The molecule has 0 atom stereocenters. The fourth-order valence-corrected chi connectivity index (χ4v) is 6.28. The molecule has 7 heteroatoms. The monoisotopic (exact) mass is 443 g/mol. The molecule has 0 heterocycles. The molecule has 0 radical (unpaired) electrons. The normalized spacial score (nSPS) is 18.8. The molecule has 0 bridgehead atoms. The molecule has 4 rings (SSSR count). The summed E-state index contributed by atoms with van der Waals surface area (Å²) in [5.74, 6) is 0.140. The Morgan fingerprint density at radius 2 is 1.52 bits per heavy atom. The Hall–Kier alpha value is -2.25. The number of hydrogen-bond acceptors (Lipinski definition) is 3. The summed E-state index contributed by atoms with van der Waals surface area (Å²) in [5, 5.41) is 0. The SMILES string of the molecule is NC(=NC1CCCC1)c1ccc(S(=O)(=O)N(Cc2ccc(F)cc2)C2CCCC2)cc1. The maximum absolute atomic E-state index is 13.5. The minimum Gasteiger partial charge on any atom is -0.383 e. The third-order valence-corrected chi connectivity index (χ3v) is 8.30. The summed E-state index contributed by atoms with van der Waals surface area (Å²) in [7, 11) is -3.70. The van der Waals surface area contributed by atoms with Crippen LogP contribution in [0, 0.1) is 5.82 Å². The second-order valence-electron chi connectivity index (χ2n) is 8.59. The standard InChI is InChI=1S/C24H30FN3O2S/c25-20-13-9-18(10-14-20)17-28(22-7-3-4-8-22)31(29,30)23-15-11-19(12-16-23)24(26)27-21-5-1-2-6-21/h9-16,21-22H,1-8,17H2,(H2,26,27). The summed E-state index contributed by atoms with van der Waals surface area (Å²) in [6, 6.07) is 13.0. The zero-order valence-electron chi connectivity index (χ0n) is 17.7. The number of nitrogens with zero attached hydrogens (tertiary/aromatic N) is 2. The molecule has 2 aromatic rings. The van der Waals surface area contributed by atoms with Gasteiger partial charge in [-0.2, -0.15) is 4.31 Å².